The van der Waals surface area contributed by atoms with Crippen molar-refractivity contribution in [3.8, 4) is 0 Å². The van der Waals surface area contributed by atoms with Crippen molar-refractivity contribution in [2.45, 2.75) is 141 Å². The summed E-state index contributed by atoms with van der Waals surface area (Å²) in [5.74, 6) is -1.95. The van der Waals surface area contributed by atoms with E-state index < -0.39 is 77.8 Å². The Morgan fingerprint density at radius 1 is 0.976 bits per heavy atom. The van der Waals surface area contributed by atoms with Gasteiger partial charge in [-0.15, -0.1) is 0 Å². The summed E-state index contributed by atoms with van der Waals surface area (Å²) in [6.07, 6.45) is -0.114. The zero-order valence-electron chi connectivity index (χ0n) is 26.8. The molecular formula is C28H50BN3O10. The molecule has 0 aromatic rings. The molecule has 0 spiro atoms. The van der Waals surface area contributed by atoms with Crippen molar-refractivity contribution in [2.75, 3.05) is 13.2 Å². The van der Waals surface area contributed by atoms with Crippen LogP contribution in [-0.2, 0) is 28.4 Å². The minimum absolute atomic E-state index is 0.0889. The van der Waals surface area contributed by atoms with Gasteiger partial charge < -0.3 is 39.6 Å². The molecule has 0 aromatic carbocycles. The summed E-state index contributed by atoms with van der Waals surface area (Å²) in [4.78, 5) is 52.3. The first-order valence-corrected chi connectivity index (χ1v) is 14.5. The second kappa shape index (κ2) is 13.0. The molecule has 1 unspecified atom stereocenters. The van der Waals surface area contributed by atoms with Gasteiger partial charge in [-0.25, -0.2) is 14.4 Å². The highest BCUT2D eigenvalue weighted by molar-refractivity contribution is 6.45. The normalized spacial score (nSPS) is 24.2. The number of nitrogens with one attached hydrogen (secondary N) is 2. The maximum Gasteiger partial charge on any atom is 0.457 e. The molecule has 2 fully saturated rings. The van der Waals surface area contributed by atoms with Gasteiger partial charge in [0.15, 0.2) is 0 Å². The Balaban J connectivity index is 2.16. The first-order valence-electron chi connectivity index (χ1n) is 14.5. The first-order chi connectivity index (χ1) is 19.0. The summed E-state index contributed by atoms with van der Waals surface area (Å²) in [5, 5.41) is 25.2. The lowest BCUT2D eigenvalue weighted by Gasteiger charge is -2.35. The Morgan fingerprint density at radius 3 is 2.00 bits per heavy atom. The molecule has 2 aliphatic heterocycles. The van der Waals surface area contributed by atoms with Gasteiger partial charge in [0, 0.05) is 19.0 Å². The number of likely N-dealkylation sites (tertiary alicyclic amines) is 1. The molecule has 0 saturated carbocycles. The zero-order chi connectivity index (χ0) is 32.3. The van der Waals surface area contributed by atoms with E-state index in [1.165, 1.54) is 0 Å². The summed E-state index contributed by atoms with van der Waals surface area (Å²) in [6.45, 7) is 17.0. The van der Waals surface area contributed by atoms with Crippen molar-refractivity contribution in [2.24, 2.45) is 0 Å². The van der Waals surface area contributed by atoms with Crippen molar-refractivity contribution >= 4 is 31.2 Å². The average Bonchev–Trinajstić information content (AvgIpc) is 3.26. The number of ether oxygens (including phenoxy) is 2. The molecule has 0 radical (unpaired) electrons. The molecule has 4 N–H and O–H groups in total. The maximum atomic E-state index is 13.2. The fourth-order valence-corrected chi connectivity index (χ4v) is 4.94. The third-order valence-electron chi connectivity index (χ3n) is 7.63. The molecule has 3 atom stereocenters. The van der Waals surface area contributed by atoms with E-state index in [-0.39, 0.29) is 19.4 Å². The topological polar surface area (TPSA) is 173 Å². The van der Waals surface area contributed by atoms with E-state index in [9.17, 15) is 29.4 Å². The SMILES string of the molecule is CC(C)(C)OC(=O)NC(CO)C(=O)N[C@H]1CN(C(=O)OC(C)(C)C)[C@@](CCCCB2OC(C)(C)C(C)(C)O2)(C(=O)O)C1. The van der Waals surface area contributed by atoms with Crippen molar-refractivity contribution in [1.82, 2.24) is 15.5 Å². The Hall–Kier alpha value is -2.58. The van der Waals surface area contributed by atoms with Gasteiger partial charge in [-0.05, 0) is 82.0 Å². The summed E-state index contributed by atoms with van der Waals surface area (Å²) in [5.41, 5.74) is -4.30. The van der Waals surface area contributed by atoms with Gasteiger partial charge in [0.2, 0.25) is 5.91 Å². The number of hydrogen-bond acceptors (Lipinski definition) is 9. The number of carboxylic acids is 1. The Bertz CT molecular complexity index is 991. The smallest absolute Gasteiger partial charge is 0.457 e. The Labute approximate surface area is 249 Å². The largest absolute Gasteiger partial charge is 0.479 e. The monoisotopic (exact) mass is 599 g/mol. The molecule has 42 heavy (non-hydrogen) atoms. The van der Waals surface area contributed by atoms with E-state index in [0.29, 0.717) is 19.2 Å². The van der Waals surface area contributed by atoms with Crippen molar-refractivity contribution < 1.29 is 48.2 Å². The van der Waals surface area contributed by atoms with Crippen molar-refractivity contribution in [3.05, 3.63) is 0 Å². The van der Waals surface area contributed by atoms with Gasteiger partial charge >= 0.3 is 25.3 Å². The lowest BCUT2D eigenvalue weighted by atomic mass is 9.80. The van der Waals surface area contributed by atoms with Gasteiger partial charge in [0.1, 0.15) is 22.8 Å². The second-order valence-corrected chi connectivity index (χ2v) is 14.2. The molecule has 0 aromatic heterocycles. The van der Waals surface area contributed by atoms with Gasteiger partial charge in [0.05, 0.1) is 17.8 Å². The number of aliphatic hydroxyl groups is 1. The maximum absolute atomic E-state index is 13.2. The van der Waals surface area contributed by atoms with Crippen LogP contribution in [0.25, 0.3) is 0 Å². The molecule has 3 amide bonds. The molecule has 2 rings (SSSR count). The molecule has 0 bridgehead atoms. The number of rotatable bonds is 10. The molecule has 240 valence electrons. The quantitative estimate of drug-likeness (QED) is 0.216. The van der Waals surface area contributed by atoms with Crippen LogP contribution in [0.4, 0.5) is 9.59 Å². The molecule has 13 nitrogen and oxygen atoms in total. The van der Waals surface area contributed by atoms with E-state index >= 15 is 0 Å². The van der Waals surface area contributed by atoms with Crippen LogP contribution in [0.2, 0.25) is 6.32 Å². The summed E-state index contributed by atoms with van der Waals surface area (Å²) in [7, 11) is -0.429. The predicted molar refractivity (Wildman–Crippen MR) is 155 cm³/mol. The standard InChI is InChI=1S/C28H50BN3O10/c1-24(2,3)39-22(37)31-19(17-33)20(34)30-18-15-28(21(35)36,32(16-18)23(38)40-25(4,5)6)13-11-12-14-29-41-26(7,8)27(9,10)42-29/h18-19,33H,11-17H2,1-10H3,(H,30,34)(H,31,37)(H,35,36)/t18-,19?,28-/m1/s1. The van der Waals surface area contributed by atoms with Crippen LogP contribution >= 0.6 is 0 Å². The Morgan fingerprint density at radius 2 is 1.52 bits per heavy atom. The van der Waals surface area contributed by atoms with Crippen LogP contribution in [0.1, 0.15) is 94.9 Å². The summed E-state index contributed by atoms with van der Waals surface area (Å²) >= 11 is 0. The minimum Gasteiger partial charge on any atom is -0.479 e. The lowest BCUT2D eigenvalue weighted by Crippen LogP contribution is -2.54. The van der Waals surface area contributed by atoms with Crippen molar-refractivity contribution in [1.29, 1.82) is 0 Å². The number of alkyl carbamates (subject to hydrolysis) is 1. The fourth-order valence-electron chi connectivity index (χ4n) is 4.94. The number of carbonyl (C=O) groups is 4. The average molecular weight is 600 g/mol. The fraction of sp³-hybridized carbons (Fsp3) is 0.857. The number of carbonyl (C=O) groups excluding carboxylic acids is 3. The molecule has 0 aliphatic carbocycles. The van der Waals surface area contributed by atoms with E-state index in [2.05, 4.69) is 10.6 Å². The van der Waals surface area contributed by atoms with E-state index in [4.69, 9.17) is 18.8 Å². The molecule has 2 saturated heterocycles. The highest BCUT2D eigenvalue weighted by Crippen LogP contribution is 2.39. The molecule has 2 heterocycles. The third kappa shape index (κ3) is 9.21. The number of nitrogens with zero attached hydrogens (tertiary/aromatic N) is 1. The van der Waals surface area contributed by atoms with E-state index in [1.54, 1.807) is 41.5 Å². The van der Waals surface area contributed by atoms with E-state index in [1.807, 2.05) is 27.7 Å². The number of unbranched alkanes of at least 4 members (excludes halogenated alkanes) is 1. The minimum atomic E-state index is -1.65. The van der Waals surface area contributed by atoms with Gasteiger partial charge in [-0.2, -0.15) is 0 Å². The number of aliphatic hydroxyl groups excluding tert-OH is 1. The van der Waals surface area contributed by atoms with E-state index in [0.717, 1.165) is 4.90 Å². The third-order valence-corrected chi connectivity index (χ3v) is 7.63. The van der Waals surface area contributed by atoms with Crippen LogP contribution in [-0.4, -0.2) is 99.5 Å². The number of hydrogen-bond donors (Lipinski definition) is 4. The van der Waals surface area contributed by atoms with Gasteiger partial charge in [-0.3, -0.25) is 9.69 Å². The zero-order valence-corrected chi connectivity index (χ0v) is 26.8. The predicted octanol–water partition coefficient (Wildman–Crippen LogP) is 3.08. The van der Waals surface area contributed by atoms with Crippen molar-refractivity contribution in [3.63, 3.8) is 0 Å². The highest BCUT2D eigenvalue weighted by atomic mass is 16.7. The molecule has 2 aliphatic rings. The summed E-state index contributed by atoms with van der Waals surface area (Å²) < 4.78 is 22.8. The van der Waals surface area contributed by atoms with Crippen LogP contribution in [0.5, 0.6) is 0 Å². The van der Waals surface area contributed by atoms with Gasteiger partial charge in [-0.1, -0.05) is 12.8 Å². The Kier molecular flexibility index (Phi) is 11.0. The van der Waals surface area contributed by atoms with Gasteiger partial charge in [0.25, 0.3) is 0 Å². The number of amides is 3. The summed E-state index contributed by atoms with van der Waals surface area (Å²) in [6, 6.07) is -2.12. The lowest BCUT2D eigenvalue weighted by molar-refractivity contribution is -0.150. The van der Waals surface area contributed by atoms with Crippen LogP contribution in [0, 0.1) is 0 Å². The molecular weight excluding hydrogens is 549 g/mol. The van der Waals surface area contributed by atoms with Crippen LogP contribution in [0.3, 0.4) is 0 Å². The number of aliphatic carboxylic acids is 1. The number of carboxylic acid groups (broad SMARTS) is 1. The second-order valence-electron chi connectivity index (χ2n) is 14.2. The van der Waals surface area contributed by atoms with Crippen LogP contribution in [0.15, 0.2) is 0 Å². The van der Waals surface area contributed by atoms with Crippen LogP contribution < -0.4 is 10.6 Å². The molecule has 14 heteroatoms. The first kappa shape index (κ1) is 35.6. The highest BCUT2D eigenvalue weighted by Gasteiger charge is 2.55.